The Morgan fingerprint density at radius 1 is 1.29 bits per heavy atom. The number of nitrogens with zero attached hydrogens (tertiary/aromatic N) is 4. The number of aryl methyl sites for hydroxylation is 1. The summed E-state index contributed by atoms with van der Waals surface area (Å²) in [5.41, 5.74) is 1.95. The van der Waals surface area contributed by atoms with Gasteiger partial charge in [0.05, 0.1) is 12.5 Å². The van der Waals surface area contributed by atoms with Crippen LogP contribution in [0.25, 0.3) is 11.0 Å². The topological polar surface area (TPSA) is 52.8 Å². The molecular weight excluding hydrogens is 352 g/mol. The molecule has 0 bridgehead atoms. The van der Waals surface area contributed by atoms with Gasteiger partial charge >= 0.3 is 0 Å². The van der Waals surface area contributed by atoms with Crippen LogP contribution in [-0.4, -0.2) is 26.9 Å². The summed E-state index contributed by atoms with van der Waals surface area (Å²) in [6.45, 7) is 0. The maximum atomic E-state index is 5.38. The average Bonchev–Trinajstić information content (AvgIpc) is 2.81. The van der Waals surface area contributed by atoms with Gasteiger partial charge in [-0.05, 0) is 22.0 Å². The Kier molecular flexibility index (Phi) is 4.12. The molecule has 0 unspecified atom stereocenters. The average molecular weight is 365 g/mol. The van der Waals surface area contributed by atoms with E-state index in [1.165, 1.54) is 0 Å². The van der Waals surface area contributed by atoms with E-state index in [-0.39, 0.29) is 0 Å². The molecule has 0 N–H and O–H groups in total. The molecule has 0 spiro atoms. The van der Waals surface area contributed by atoms with Crippen molar-refractivity contribution in [2.24, 2.45) is 7.05 Å². The lowest BCUT2D eigenvalue weighted by molar-refractivity contribution is 0.411. The van der Waals surface area contributed by atoms with Gasteiger partial charge in [-0.15, -0.1) is 11.8 Å². The molecule has 3 rings (SSSR count). The van der Waals surface area contributed by atoms with Gasteiger partial charge in [-0.1, -0.05) is 18.2 Å². The van der Waals surface area contributed by atoms with Gasteiger partial charge in [0.25, 0.3) is 0 Å². The van der Waals surface area contributed by atoms with Crippen molar-refractivity contribution >= 4 is 38.7 Å². The summed E-state index contributed by atoms with van der Waals surface area (Å²) in [7, 11) is 3.55. The minimum absolute atomic E-state index is 0.767. The highest BCUT2D eigenvalue weighted by molar-refractivity contribution is 9.10. The number of ether oxygens (including phenoxy) is 1. The molecule has 0 fully saturated rings. The molecule has 3 aromatic rings. The summed E-state index contributed by atoms with van der Waals surface area (Å²) in [5, 5.41) is 6.18. The van der Waals surface area contributed by atoms with Gasteiger partial charge in [0.1, 0.15) is 21.7 Å². The predicted octanol–water partition coefficient (Wildman–Crippen LogP) is 3.43. The van der Waals surface area contributed by atoms with Crippen molar-refractivity contribution in [3.63, 3.8) is 0 Å². The highest BCUT2D eigenvalue weighted by atomic mass is 79.9. The molecular formula is C14H13BrN4OS. The number of para-hydroxylation sites is 1. The molecule has 0 radical (unpaired) electrons. The van der Waals surface area contributed by atoms with E-state index in [0.29, 0.717) is 0 Å². The largest absolute Gasteiger partial charge is 0.496 e. The van der Waals surface area contributed by atoms with Crippen molar-refractivity contribution in [1.82, 2.24) is 19.7 Å². The second-order valence-electron chi connectivity index (χ2n) is 4.39. The van der Waals surface area contributed by atoms with Crippen molar-refractivity contribution in [1.29, 1.82) is 0 Å². The number of thioether (sulfide) groups is 1. The molecule has 108 valence electrons. The van der Waals surface area contributed by atoms with Crippen LogP contribution in [0.2, 0.25) is 0 Å². The quantitative estimate of drug-likeness (QED) is 0.524. The number of fused-ring (bicyclic) bond motifs is 1. The Balaban J connectivity index is 1.92. The Bertz CT molecular complexity index is 790. The first-order valence-corrected chi connectivity index (χ1v) is 8.06. The van der Waals surface area contributed by atoms with E-state index in [0.717, 1.165) is 37.7 Å². The number of hydrogen-bond donors (Lipinski definition) is 0. The van der Waals surface area contributed by atoms with Crippen molar-refractivity contribution in [2.45, 2.75) is 10.8 Å². The van der Waals surface area contributed by atoms with Gasteiger partial charge in [0, 0.05) is 18.4 Å². The summed E-state index contributed by atoms with van der Waals surface area (Å²) in [6, 6.07) is 8.00. The highest BCUT2D eigenvalue weighted by Crippen LogP contribution is 2.33. The number of rotatable bonds is 4. The van der Waals surface area contributed by atoms with E-state index in [2.05, 4.69) is 37.1 Å². The van der Waals surface area contributed by atoms with Gasteiger partial charge in [-0.3, -0.25) is 0 Å². The molecule has 2 aromatic heterocycles. The molecule has 1 aromatic carbocycles. The molecule has 0 saturated heterocycles. The lowest BCUT2D eigenvalue weighted by Gasteiger charge is -2.07. The number of benzene rings is 1. The van der Waals surface area contributed by atoms with Crippen molar-refractivity contribution in [3.8, 4) is 5.75 Å². The number of aromatic nitrogens is 4. The van der Waals surface area contributed by atoms with Gasteiger partial charge in [-0.2, -0.15) is 5.10 Å². The fraction of sp³-hybridized carbons (Fsp3) is 0.214. The number of hydrogen-bond acceptors (Lipinski definition) is 5. The van der Waals surface area contributed by atoms with Crippen LogP contribution in [0.4, 0.5) is 0 Å². The first-order chi connectivity index (χ1) is 10.2. The third kappa shape index (κ3) is 2.75. The molecule has 2 heterocycles. The summed E-state index contributed by atoms with van der Waals surface area (Å²) in [6.07, 6.45) is 1.57. The second kappa shape index (κ2) is 6.03. The van der Waals surface area contributed by atoms with Gasteiger partial charge in [0.15, 0.2) is 5.65 Å². The monoisotopic (exact) mass is 364 g/mol. The van der Waals surface area contributed by atoms with E-state index in [4.69, 9.17) is 4.74 Å². The van der Waals surface area contributed by atoms with E-state index in [9.17, 15) is 0 Å². The van der Waals surface area contributed by atoms with Crippen LogP contribution >= 0.6 is 27.7 Å². The summed E-state index contributed by atoms with van der Waals surface area (Å²) >= 11 is 5.12. The smallest absolute Gasteiger partial charge is 0.163 e. The van der Waals surface area contributed by atoms with E-state index in [1.807, 2.05) is 25.2 Å². The third-order valence-electron chi connectivity index (χ3n) is 3.10. The number of halogens is 1. The molecule has 5 nitrogen and oxygen atoms in total. The van der Waals surface area contributed by atoms with Crippen molar-refractivity contribution in [2.75, 3.05) is 7.11 Å². The minimum atomic E-state index is 0.767. The van der Waals surface area contributed by atoms with Crippen LogP contribution in [-0.2, 0) is 12.8 Å². The first kappa shape index (κ1) is 14.3. The Morgan fingerprint density at radius 2 is 2.10 bits per heavy atom. The fourth-order valence-corrected chi connectivity index (χ4v) is 3.81. The number of methoxy groups -OCH3 is 1. The van der Waals surface area contributed by atoms with Crippen LogP contribution < -0.4 is 4.74 Å². The van der Waals surface area contributed by atoms with E-state index < -0.39 is 0 Å². The molecule has 7 heteroatoms. The zero-order valence-corrected chi connectivity index (χ0v) is 14.0. The van der Waals surface area contributed by atoms with Crippen molar-refractivity contribution in [3.05, 3.63) is 40.8 Å². The normalized spacial score (nSPS) is 11.0. The minimum Gasteiger partial charge on any atom is -0.496 e. The fourth-order valence-electron chi connectivity index (χ4n) is 2.09. The van der Waals surface area contributed by atoms with Crippen LogP contribution in [0.5, 0.6) is 5.75 Å². The molecule has 0 saturated carbocycles. The first-order valence-electron chi connectivity index (χ1n) is 6.28. The third-order valence-corrected chi connectivity index (χ3v) is 4.69. The summed E-state index contributed by atoms with van der Waals surface area (Å²) in [4.78, 5) is 8.65. The predicted molar refractivity (Wildman–Crippen MR) is 86.6 cm³/mol. The van der Waals surface area contributed by atoms with E-state index >= 15 is 0 Å². The van der Waals surface area contributed by atoms with Gasteiger partial charge in [-0.25, -0.2) is 14.6 Å². The lowest BCUT2D eigenvalue weighted by atomic mass is 10.2. The maximum Gasteiger partial charge on any atom is 0.163 e. The summed E-state index contributed by atoms with van der Waals surface area (Å²) in [5.74, 6) is 1.66. The standard InChI is InChI=1S/C14H13BrN4OS/c1-19-13-11(12(15)18-19)14(17-8-16-13)21-7-9-5-3-4-6-10(9)20-2/h3-6,8H,7H2,1-2H3. The van der Waals surface area contributed by atoms with Crippen LogP contribution in [0, 0.1) is 0 Å². The molecule has 0 aliphatic rings. The molecule has 0 atom stereocenters. The lowest BCUT2D eigenvalue weighted by Crippen LogP contribution is -1.93. The maximum absolute atomic E-state index is 5.38. The zero-order chi connectivity index (χ0) is 14.8. The van der Waals surface area contributed by atoms with Crippen LogP contribution in [0.3, 0.4) is 0 Å². The highest BCUT2D eigenvalue weighted by Gasteiger charge is 2.14. The SMILES string of the molecule is COc1ccccc1CSc1ncnc2c1c(Br)nn2C. The second-order valence-corrected chi connectivity index (χ2v) is 6.11. The van der Waals surface area contributed by atoms with Crippen molar-refractivity contribution < 1.29 is 4.74 Å². The molecule has 0 aliphatic heterocycles. The molecule has 0 aliphatic carbocycles. The summed E-state index contributed by atoms with van der Waals surface area (Å²) < 4.78 is 7.89. The molecule has 0 amide bonds. The van der Waals surface area contributed by atoms with Gasteiger partial charge in [0.2, 0.25) is 0 Å². The van der Waals surface area contributed by atoms with Gasteiger partial charge < -0.3 is 4.74 Å². The van der Waals surface area contributed by atoms with E-state index in [1.54, 1.807) is 29.9 Å². The molecule has 21 heavy (non-hydrogen) atoms. The van der Waals surface area contributed by atoms with Crippen LogP contribution in [0.1, 0.15) is 5.56 Å². The Hall–Kier alpha value is -1.60. The van der Waals surface area contributed by atoms with Crippen LogP contribution in [0.15, 0.2) is 40.2 Å². The Labute approximate surface area is 134 Å². The zero-order valence-electron chi connectivity index (χ0n) is 11.6. The Morgan fingerprint density at radius 3 is 2.90 bits per heavy atom.